The van der Waals surface area contributed by atoms with E-state index in [0.717, 1.165) is 6.92 Å². The van der Waals surface area contributed by atoms with Gasteiger partial charge in [-0.15, -0.1) is 0 Å². The molecule has 0 bridgehead atoms. The number of hydrogen-bond donors (Lipinski definition) is 2. The lowest BCUT2D eigenvalue weighted by molar-refractivity contribution is 0.0124. The fourth-order valence-electron chi connectivity index (χ4n) is 1.35. The molecule has 0 aliphatic heterocycles. The van der Waals surface area contributed by atoms with Crippen LogP contribution in [0.2, 0.25) is 0 Å². The summed E-state index contributed by atoms with van der Waals surface area (Å²) in [7, 11) is 0. The van der Waals surface area contributed by atoms with Gasteiger partial charge in [0.05, 0.1) is 0 Å². The van der Waals surface area contributed by atoms with E-state index in [4.69, 9.17) is 5.73 Å². The number of nitrogens with two attached hydrogens (primary N) is 1. The van der Waals surface area contributed by atoms with Gasteiger partial charge in [-0.1, -0.05) is 0 Å². The first kappa shape index (κ1) is 11.1. The number of aryl methyl sites for hydroxylation is 1. The van der Waals surface area contributed by atoms with Gasteiger partial charge < -0.3 is 10.7 Å². The largest absolute Gasteiger partial charge is 0.346 e. The van der Waals surface area contributed by atoms with Crippen molar-refractivity contribution in [1.82, 2.24) is 9.97 Å². The first-order valence-electron chi connectivity index (χ1n) is 4.50. The van der Waals surface area contributed by atoms with Crippen LogP contribution in [0.25, 0.3) is 0 Å². The summed E-state index contributed by atoms with van der Waals surface area (Å²) in [6, 6.07) is -0.0844. The van der Waals surface area contributed by atoms with Crippen LogP contribution in [-0.2, 0) is 12.3 Å². The summed E-state index contributed by atoms with van der Waals surface area (Å²) < 4.78 is 25.9. The fourth-order valence-corrected chi connectivity index (χ4v) is 1.35. The van der Waals surface area contributed by atoms with Crippen LogP contribution in [0.4, 0.5) is 8.78 Å². The Hall–Kier alpha value is -0.970. The van der Waals surface area contributed by atoms with Crippen molar-refractivity contribution in [1.29, 1.82) is 0 Å². The van der Waals surface area contributed by atoms with Crippen LogP contribution < -0.4 is 5.73 Å². The number of halogens is 2. The number of nitrogens with one attached hydrogen (secondary N) is 1. The molecule has 5 heteroatoms. The first-order chi connectivity index (χ1) is 6.30. The molecule has 14 heavy (non-hydrogen) atoms. The van der Waals surface area contributed by atoms with Gasteiger partial charge in [-0.3, -0.25) is 0 Å². The molecular formula is C9H15F2N3. The molecule has 0 saturated carbocycles. The van der Waals surface area contributed by atoms with Gasteiger partial charge in [-0.2, -0.15) is 8.78 Å². The molecule has 0 aliphatic rings. The van der Waals surface area contributed by atoms with Crippen molar-refractivity contribution in [2.45, 2.75) is 39.2 Å². The molecule has 1 aromatic rings. The fraction of sp³-hybridized carbons (Fsp3) is 0.667. The van der Waals surface area contributed by atoms with Gasteiger partial charge in [0.15, 0.2) is 0 Å². The van der Waals surface area contributed by atoms with E-state index >= 15 is 0 Å². The second kappa shape index (κ2) is 3.65. The number of rotatable bonds is 3. The molecule has 3 nitrogen and oxygen atoms in total. The predicted molar refractivity (Wildman–Crippen MR) is 50.2 cm³/mol. The number of alkyl halides is 2. The second-order valence-corrected chi connectivity index (χ2v) is 3.73. The van der Waals surface area contributed by atoms with Crippen LogP contribution in [0.1, 0.15) is 31.1 Å². The van der Waals surface area contributed by atoms with Gasteiger partial charge in [0.1, 0.15) is 11.5 Å². The molecular weight excluding hydrogens is 188 g/mol. The zero-order valence-corrected chi connectivity index (χ0v) is 8.56. The van der Waals surface area contributed by atoms with Crippen molar-refractivity contribution in [2.75, 3.05) is 0 Å². The first-order valence-corrected chi connectivity index (χ1v) is 4.50. The molecule has 1 unspecified atom stereocenters. The van der Waals surface area contributed by atoms with Crippen LogP contribution in [0.15, 0.2) is 0 Å². The summed E-state index contributed by atoms with van der Waals surface area (Å²) in [6.45, 7) is 4.23. The van der Waals surface area contributed by atoms with Crippen molar-refractivity contribution in [3.63, 3.8) is 0 Å². The van der Waals surface area contributed by atoms with Gasteiger partial charge in [0.25, 0.3) is 5.92 Å². The highest BCUT2D eigenvalue weighted by Gasteiger charge is 2.30. The number of hydrogen-bond acceptors (Lipinski definition) is 2. The van der Waals surface area contributed by atoms with E-state index in [-0.39, 0.29) is 11.7 Å². The Kier molecular flexibility index (Phi) is 2.89. The molecule has 1 heterocycles. The third-order valence-electron chi connectivity index (χ3n) is 1.86. The normalized spacial score (nSPS) is 14.4. The number of aromatic nitrogens is 2. The SMILES string of the molecule is Cc1[nH]c(CC(C)N)nc1C(C)(F)F. The van der Waals surface area contributed by atoms with Crippen LogP contribution in [0.5, 0.6) is 0 Å². The van der Waals surface area contributed by atoms with E-state index in [0.29, 0.717) is 17.9 Å². The van der Waals surface area contributed by atoms with Crippen LogP contribution >= 0.6 is 0 Å². The molecule has 0 fully saturated rings. The Bertz CT molecular complexity index is 312. The summed E-state index contributed by atoms with van der Waals surface area (Å²) in [6.07, 6.45) is 0.483. The van der Waals surface area contributed by atoms with Crippen molar-refractivity contribution in [3.05, 3.63) is 17.2 Å². The van der Waals surface area contributed by atoms with Crippen molar-refractivity contribution in [2.24, 2.45) is 5.73 Å². The lowest BCUT2D eigenvalue weighted by atomic mass is 10.2. The summed E-state index contributed by atoms with van der Waals surface area (Å²) in [5.41, 5.74) is 5.77. The van der Waals surface area contributed by atoms with E-state index in [1.165, 1.54) is 0 Å². The molecule has 0 aromatic carbocycles. The standard InChI is InChI=1S/C9H15F2N3/c1-5(12)4-7-13-6(2)8(14-7)9(3,10)11/h5H,4,12H2,1-3H3,(H,13,14). The van der Waals surface area contributed by atoms with Gasteiger partial charge in [-0.05, 0) is 13.8 Å². The Balaban J connectivity index is 2.94. The molecule has 0 amide bonds. The van der Waals surface area contributed by atoms with Crippen LogP contribution in [-0.4, -0.2) is 16.0 Å². The lowest BCUT2D eigenvalue weighted by Gasteiger charge is -2.06. The Morgan fingerprint density at radius 3 is 2.50 bits per heavy atom. The maximum atomic E-state index is 13.0. The van der Waals surface area contributed by atoms with Crippen molar-refractivity contribution >= 4 is 0 Å². The molecule has 0 saturated heterocycles. The molecule has 0 aliphatic carbocycles. The summed E-state index contributed by atoms with van der Waals surface area (Å²) in [5.74, 6) is -2.37. The maximum Gasteiger partial charge on any atom is 0.288 e. The van der Waals surface area contributed by atoms with E-state index in [9.17, 15) is 8.78 Å². The van der Waals surface area contributed by atoms with Gasteiger partial charge in [0.2, 0.25) is 0 Å². The van der Waals surface area contributed by atoms with Gasteiger partial charge in [-0.25, -0.2) is 4.98 Å². The highest BCUT2D eigenvalue weighted by atomic mass is 19.3. The summed E-state index contributed by atoms with van der Waals surface area (Å²) in [4.78, 5) is 6.65. The minimum Gasteiger partial charge on any atom is -0.346 e. The van der Waals surface area contributed by atoms with Crippen LogP contribution in [0, 0.1) is 6.92 Å². The van der Waals surface area contributed by atoms with Gasteiger partial charge >= 0.3 is 0 Å². The molecule has 0 radical (unpaired) electrons. The Morgan fingerprint density at radius 2 is 2.14 bits per heavy atom. The van der Waals surface area contributed by atoms with Crippen molar-refractivity contribution < 1.29 is 8.78 Å². The second-order valence-electron chi connectivity index (χ2n) is 3.73. The number of H-pyrrole nitrogens is 1. The highest BCUT2D eigenvalue weighted by molar-refractivity contribution is 5.17. The summed E-state index contributed by atoms with van der Waals surface area (Å²) in [5, 5.41) is 0. The molecule has 80 valence electrons. The molecule has 1 rings (SSSR count). The monoisotopic (exact) mass is 203 g/mol. The maximum absolute atomic E-state index is 13.0. The molecule has 3 N–H and O–H groups in total. The predicted octanol–water partition coefficient (Wildman–Crippen LogP) is 1.72. The van der Waals surface area contributed by atoms with E-state index in [2.05, 4.69) is 9.97 Å². The third-order valence-corrected chi connectivity index (χ3v) is 1.86. The quantitative estimate of drug-likeness (QED) is 0.785. The Labute approximate surface area is 81.7 Å². The molecule has 1 aromatic heterocycles. The average Bonchev–Trinajstić information content (AvgIpc) is 2.27. The highest BCUT2D eigenvalue weighted by Crippen LogP contribution is 2.27. The van der Waals surface area contributed by atoms with Crippen molar-refractivity contribution in [3.8, 4) is 0 Å². The zero-order chi connectivity index (χ0) is 10.9. The van der Waals surface area contributed by atoms with E-state index < -0.39 is 5.92 Å². The number of imidazole rings is 1. The smallest absolute Gasteiger partial charge is 0.288 e. The zero-order valence-electron chi connectivity index (χ0n) is 8.56. The van der Waals surface area contributed by atoms with E-state index in [1.54, 1.807) is 6.92 Å². The Morgan fingerprint density at radius 1 is 1.57 bits per heavy atom. The van der Waals surface area contributed by atoms with Crippen LogP contribution in [0.3, 0.4) is 0 Å². The summed E-state index contributed by atoms with van der Waals surface area (Å²) >= 11 is 0. The average molecular weight is 203 g/mol. The number of nitrogens with zero attached hydrogens (tertiary/aromatic N) is 1. The van der Waals surface area contributed by atoms with E-state index in [1.807, 2.05) is 6.92 Å². The topological polar surface area (TPSA) is 54.7 Å². The number of aromatic amines is 1. The molecule has 1 atom stereocenters. The third kappa shape index (κ3) is 2.51. The minimum atomic E-state index is -2.89. The van der Waals surface area contributed by atoms with Gasteiger partial charge in [0, 0.05) is 25.1 Å². The lowest BCUT2D eigenvalue weighted by Crippen LogP contribution is -2.18. The molecule has 0 spiro atoms. The minimum absolute atomic E-state index is 0.0844.